The lowest BCUT2D eigenvalue weighted by molar-refractivity contribution is -0.0359. The number of aliphatic hydroxyl groups excluding tert-OH is 1. The fraction of sp³-hybridized carbons (Fsp3) is 0.600. The lowest BCUT2D eigenvalue weighted by atomic mass is 9.85. The molecule has 2 aromatic rings. The predicted octanol–water partition coefficient (Wildman–Crippen LogP) is 2.92. The molecule has 126 valence electrons. The van der Waals surface area contributed by atoms with E-state index in [9.17, 15) is 5.11 Å². The Balaban J connectivity index is 1.71. The van der Waals surface area contributed by atoms with Crippen LogP contribution in [0, 0.1) is 0 Å². The van der Waals surface area contributed by atoms with Crippen LogP contribution in [0.25, 0.3) is 10.7 Å². The first-order valence-corrected chi connectivity index (χ1v) is 9.27. The highest BCUT2D eigenvalue weighted by Gasteiger charge is 2.36. The van der Waals surface area contributed by atoms with Crippen molar-refractivity contribution < 1.29 is 14.4 Å². The van der Waals surface area contributed by atoms with Crippen LogP contribution in [-0.4, -0.2) is 52.6 Å². The first-order valence-electron chi connectivity index (χ1n) is 7.60. The van der Waals surface area contributed by atoms with Crippen molar-refractivity contribution in [1.29, 1.82) is 0 Å². The third-order valence-electron chi connectivity index (χ3n) is 4.44. The summed E-state index contributed by atoms with van der Waals surface area (Å²) in [6.45, 7) is 2.19. The van der Waals surface area contributed by atoms with E-state index in [4.69, 9.17) is 9.26 Å². The van der Waals surface area contributed by atoms with Gasteiger partial charge in [0, 0.05) is 35.2 Å². The van der Waals surface area contributed by atoms with Crippen molar-refractivity contribution in [2.45, 2.75) is 31.3 Å². The van der Waals surface area contributed by atoms with Crippen molar-refractivity contribution in [3.05, 3.63) is 21.8 Å². The van der Waals surface area contributed by atoms with Crippen molar-refractivity contribution in [3.63, 3.8) is 0 Å². The van der Waals surface area contributed by atoms with Gasteiger partial charge in [-0.2, -0.15) is 4.98 Å². The standard InChI is InChI=1S/C15H20BrN3O3S/c1-19(15(2-5-20)3-6-21-7-4-15)9-13-17-14(18-22-13)12-8-11(16)10-23-12/h8,10,20H,2-7,9H2,1H3. The Kier molecular flexibility index (Phi) is 5.48. The molecule has 0 atom stereocenters. The van der Waals surface area contributed by atoms with Gasteiger partial charge in [0.05, 0.1) is 11.4 Å². The molecule has 0 saturated carbocycles. The van der Waals surface area contributed by atoms with Crippen LogP contribution in [0.2, 0.25) is 0 Å². The molecule has 0 amide bonds. The normalized spacial score (nSPS) is 17.7. The quantitative estimate of drug-likeness (QED) is 0.801. The van der Waals surface area contributed by atoms with E-state index in [1.54, 1.807) is 11.3 Å². The Labute approximate surface area is 147 Å². The van der Waals surface area contributed by atoms with Crippen LogP contribution in [0.4, 0.5) is 0 Å². The van der Waals surface area contributed by atoms with E-state index in [0.717, 1.165) is 41.8 Å². The minimum Gasteiger partial charge on any atom is -0.396 e. The maximum Gasteiger partial charge on any atom is 0.241 e. The van der Waals surface area contributed by atoms with E-state index in [2.05, 4.69) is 31.0 Å². The van der Waals surface area contributed by atoms with Crippen LogP contribution < -0.4 is 0 Å². The number of nitrogens with zero attached hydrogens (tertiary/aromatic N) is 3. The number of ether oxygens (including phenoxy) is 1. The molecule has 0 spiro atoms. The van der Waals surface area contributed by atoms with Crippen LogP contribution in [0.5, 0.6) is 0 Å². The van der Waals surface area contributed by atoms with Gasteiger partial charge in [0.15, 0.2) is 0 Å². The zero-order valence-electron chi connectivity index (χ0n) is 13.0. The molecule has 1 N–H and O–H groups in total. The number of hydrogen-bond donors (Lipinski definition) is 1. The molecular weight excluding hydrogens is 382 g/mol. The molecule has 1 fully saturated rings. The monoisotopic (exact) mass is 401 g/mol. The molecule has 8 heteroatoms. The average Bonchev–Trinajstić information content (AvgIpc) is 3.17. The maximum atomic E-state index is 9.43. The Morgan fingerprint density at radius 2 is 2.22 bits per heavy atom. The van der Waals surface area contributed by atoms with Gasteiger partial charge in [-0.1, -0.05) is 5.16 Å². The van der Waals surface area contributed by atoms with Crippen molar-refractivity contribution in [2.24, 2.45) is 0 Å². The first-order chi connectivity index (χ1) is 11.1. The average molecular weight is 402 g/mol. The molecule has 0 radical (unpaired) electrons. The Morgan fingerprint density at radius 3 is 2.87 bits per heavy atom. The molecule has 3 heterocycles. The summed E-state index contributed by atoms with van der Waals surface area (Å²) in [5.74, 6) is 1.21. The predicted molar refractivity (Wildman–Crippen MR) is 91.3 cm³/mol. The van der Waals surface area contributed by atoms with Crippen LogP contribution in [0.15, 0.2) is 20.4 Å². The van der Waals surface area contributed by atoms with E-state index in [0.29, 0.717) is 18.3 Å². The zero-order chi connectivity index (χ0) is 16.3. The smallest absolute Gasteiger partial charge is 0.241 e. The van der Waals surface area contributed by atoms with Gasteiger partial charge < -0.3 is 14.4 Å². The highest BCUT2D eigenvalue weighted by molar-refractivity contribution is 9.10. The molecule has 1 saturated heterocycles. The maximum absolute atomic E-state index is 9.43. The van der Waals surface area contributed by atoms with Gasteiger partial charge in [-0.3, -0.25) is 4.90 Å². The molecular formula is C15H20BrN3O3S. The number of hydrogen-bond acceptors (Lipinski definition) is 7. The van der Waals surface area contributed by atoms with Gasteiger partial charge in [0.2, 0.25) is 11.7 Å². The molecule has 0 bridgehead atoms. The van der Waals surface area contributed by atoms with Gasteiger partial charge >= 0.3 is 0 Å². The summed E-state index contributed by atoms with van der Waals surface area (Å²) in [6.07, 6.45) is 2.54. The minimum absolute atomic E-state index is 0.0619. The van der Waals surface area contributed by atoms with E-state index in [-0.39, 0.29) is 12.1 Å². The van der Waals surface area contributed by atoms with Gasteiger partial charge in [-0.15, -0.1) is 11.3 Å². The van der Waals surface area contributed by atoms with E-state index in [1.807, 2.05) is 18.5 Å². The van der Waals surface area contributed by atoms with E-state index in [1.165, 1.54) is 0 Å². The first kappa shape index (κ1) is 17.0. The molecule has 3 rings (SSSR count). The second kappa shape index (κ2) is 7.40. The molecule has 0 unspecified atom stereocenters. The van der Waals surface area contributed by atoms with Gasteiger partial charge in [-0.25, -0.2) is 0 Å². The highest BCUT2D eigenvalue weighted by Crippen LogP contribution is 2.32. The number of rotatable bonds is 6. The lowest BCUT2D eigenvalue weighted by Crippen LogP contribution is -2.50. The summed E-state index contributed by atoms with van der Waals surface area (Å²) >= 11 is 5.01. The Hall–Kier alpha value is -0.800. The summed E-state index contributed by atoms with van der Waals surface area (Å²) in [5, 5.41) is 15.5. The fourth-order valence-electron chi connectivity index (χ4n) is 3.00. The molecule has 0 aliphatic carbocycles. The van der Waals surface area contributed by atoms with E-state index < -0.39 is 0 Å². The number of aliphatic hydroxyl groups is 1. The second-order valence-electron chi connectivity index (χ2n) is 5.81. The van der Waals surface area contributed by atoms with E-state index >= 15 is 0 Å². The number of aromatic nitrogens is 2. The largest absolute Gasteiger partial charge is 0.396 e. The lowest BCUT2D eigenvalue weighted by Gasteiger charge is -2.43. The van der Waals surface area contributed by atoms with Crippen LogP contribution in [0.3, 0.4) is 0 Å². The van der Waals surface area contributed by atoms with Crippen LogP contribution in [0.1, 0.15) is 25.2 Å². The Morgan fingerprint density at radius 1 is 1.43 bits per heavy atom. The van der Waals surface area contributed by atoms with Crippen molar-refractivity contribution in [1.82, 2.24) is 15.0 Å². The Bertz CT molecular complexity index is 634. The van der Waals surface area contributed by atoms with Gasteiger partial charge in [-0.05, 0) is 48.3 Å². The number of halogens is 1. The summed E-state index contributed by atoms with van der Waals surface area (Å²) < 4.78 is 11.9. The molecule has 6 nitrogen and oxygen atoms in total. The van der Waals surface area contributed by atoms with Gasteiger partial charge in [0.1, 0.15) is 0 Å². The molecule has 0 aromatic carbocycles. The number of thiophene rings is 1. The topological polar surface area (TPSA) is 71.6 Å². The highest BCUT2D eigenvalue weighted by atomic mass is 79.9. The minimum atomic E-state index is -0.0619. The third-order valence-corrected chi connectivity index (χ3v) is 6.13. The van der Waals surface area contributed by atoms with Crippen molar-refractivity contribution in [2.75, 3.05) is 26.9 Å². The third kappa shape index (κ3) is 3.83. The van der Waals surface area contributed by atoms with Gasteiger partial charge in [0.25, 0.3) is 0 Å². The van der Waals surface area contributed by atoms with Crippen LogP contribution in [-0.2, 0) is 11.3 Å². The molecule has 1 aliphatic rings. The molecule has 1 aliphatic heterocycles. The summed E-state index contributed by atoms with van der Waals surface area (Å²) in [7, 11) is 2.05. The zero-order valence-corrected chi connectivity index (χ0v) is 15.4. The summed E-state index contributed by atoms with van der Waals surface area (Å²) in [4.78, 5) is 7.69. The fourth-order valence-corrected chi connectivity index (χ4v) is 4.35. The molecule has 23 heavy (non-hydrogen) atoms. The van der Waals surface area contributed by atoms with Crippen molar-refractivity contribution in [3.8, 4) is 10.7 Å². The molecule has 2 aromatic heterocycles. The SMILES string of the molecule is CN(Cc1nc(-c2cc(Br)cs2)no1)C1(CCO)CCOCC1. The van der Waals surface area contributed by atoms with Crippen molar-refractivity contribution >= 4 is 27.3 Å². The second-order valence-corrected chi connectivity index (χ2v) is 7.63. The van der Waals surface area contributed by atoms with Crippen LogP contribution >= 0.6 is 27.3 Å². The summed E-state index contributed by atoms with van der Waals surface area (Å²) in [5.41, 5.74) is -0.0619. The summed E-state index contributed by atoms with van der Waals surface area (Å²) in [6, 6.07) is 1.98.